The van der Waals surface area contributed by atoms with Crippen molar-refractivity contribution < 1.29 is 9.64 Å². The van der Waals surface area contributed by atoms with Crippen molar-refractivity contribution in [2.24, 2.45) is 0 Å². The van der Waals surface area contributed by atoms with E-state index < -0.39 is 0 Å². The molecule has 26 heavy (non-hydrogen) atoms. The van der Waals surface area contributed by atoms with E-state index in [1.54, 1.807) is 12.0 Å². The monoisotopic (exact) mass is 370 g/mol. The Bertz CT molecular complexity index is 694. The topological polar surface area (TPSA) is 37.7 Å². The Morgan fingerprint density at radius 3 is 1.92 bits per heavy atom. The number of nitrogens with one attached hydrogen (secondary N) is 3. The summed E-state index contributed by atoms with van der Waals surface area (Å²) in [6.07, 6.45) is 2.75. The van der Waals surface area contributed by atoms with Crippen molar-refractivity contribution in [1.29, 1.82) is 0 Å². The molecule has 1 fully saturated rings. The van der Waals surface area contributed by atoms with Gasteiger partial charge in [-0.25, -0.2) is 0 Å². The van der Waals surface area contributed by atoms with E-state index in [2.05, 4.69) is 34.9 Å². The molecule has 3 N–H and O–H groups in total. The van der Waals surface area contributed by atoms with Gasteiger partial charge in [0.1, 0.15) is 12.3 Å². The summed E-state index contributed by atoms with van der Waals surface area (Å²) in [5, 5.41) is 7.19. The van der Waals surface area contributed by atoms with Crippen LogP contribution in [0.15, 0.2) is 48.5 Å². The summed E-state index contributed by atoms with van der Waals surface area (Å²) in [7, 11) is 1.67. The summed E-state index contributed by atoms with van der Waals surface area (Å²) >= 11 is 5.37. The summed E-state index contributed by atoms with van der Waals surface area (Å²) in [5.74, 6) is 0.865. The second kappa shape index (κ2) is 9.55. The number of quaternary nitrogens is 1. The fraction of sp³-hybridized carbons (Fsp3) is 0.381. The Balaban J connectivity index is 1.39. The van der Waals surface area contributed by atoms with Gasteiger partial charge < -0.3 is 20.3 Å². The van der Waals surface area contributed by atoms with Gasteiger partial charge in [-0.3, -0.25) is 0 Å². The number of hydrogen-bond acceptors (Lipinski definition) is 2. The minimum Gasteiger partial charge on any atom is -0.497 e. The van der Waals surface area contributed by atoms with Crippen molar-refractivity contribution in [3.8, 4) is 5.75 Å². The Kier molecular flexibility index (Phi) is 6.86. The number of methoxy groups -OCH3 is 1. The van der Waals surface area contributed by atoms with Crippen LogP contribution in [0.3, 0.4) is 0 Å². The average molecular weight is 371 g/mol. The number of ether oxygens (including phenoxy) is 1. The molecule has 1 heterocycles. The largest absolute Gasteiger partial charge is 0.497 e. The minimum absolute atomic E-state index is 0.673. The van der Waals surface area contributed by atoms with Crippen LogP contribution in [0.25, 0.3) is 0 Å². The number of thiocarbonyl (C=S) groups is 1. The summed E-state index contributed by atoms with van der Waals surface area (Å²) in [6, 6.07) is 16.9. The van der Waals surface area contributed by atoms with Crippen LogP contribution in [0.4, 0.5) is 0 Å². The zero-order valence-electron chi connectivity index (χ0n) is 15.4. The smallest absolute Gasteiger partial charge is 0.166 e. The first-order valence-electron chi connectivity index (χ1n) is 9.29. The van der Waals surface area contributed by atoms with Crippen LogP contribution in [0, 0.1) is 0 Å². The molecule has 4 nitrogen and oxygen atoms in total. The molecule has 1 aliphatic heterocycles. The molecule has 0 unspecified atom stereocenters. The highest BCUT2D eigenvalue weighted by atomic mass is 32.1. The van der Waals surface area contributed by atoms with Crippen LogP contribution in [-0.4, -0.2) is 25.3 Å². The predicted molar refractivity (Wildman–Crippen MR) is 109 cm³/mol. The zero-order valence-corrected chi connectivity index (χ0v) is 16.2. The molecular formula is C21H28N3OS+. The van der Waals surface area contributed by atoms with Crippen LogP contribution in [-0.2, 0) is 19.6 Å². The third kappa shape index (κ3) is 5.71. The van der Waals surface area contributed by atoms with E-state index in [1.165, 1.54) is 42.6 Å². The van der Waals surface area contributed by atoms with Crippen LogP contribution in [0.1, 0.15) is 29.5 Å². The molecule has 0 bridgehead atoms. The highest BCUT2D eigenvalue weighted by Crippen LogP contribution is 2.11. The molecular weight excluding hydrogens is 342 g/mol. The standard InChI is InChI=1S/C21H27N3OS/c1-25-20-10-8-18(9-11-20)15-23-21(26)22-14-17-4-6-19(7-5-17)16-24-12-2-3-13-24/h4-11H,2-3,12-16H2,1H3,(H2,22,23,26)/p+1. The lowest BCUT2D eigenvalue weighted by Crippen LogP contribution is -3.08. The molecule has 5 heteroatoms. The van der Waals surface area contributed by atoms with E-state index in [0.717, 1.165) is 18.8 Å². The van der Waals surface area contributed by atoms with Gasteiger partial charge >= 0.3 is 0 Å². The van der Waals surface area contributed by atoms with Crippen LogP contribution in [0.2, 0.25) is 0 Å². The predicted octanol–water partition coefficient (Wildman–Crippen LogP) is 2.04. The summed E-state index contributed by atoms with van der Waals surface area (Å²) < 4.78 is 5.17. The van der Waals surface area contributed by atoms with Gasteiger partial charge in [-0.1, -0.05) is 36.4 Å². The second-order valence-corrected chi connectivity index (χ2v) is 7.24. The lowest BCUT2D eigenvalue weighted by Gasteiger charge is -2.13. The van der Waals surface area contributed by atoms with Gasteiger partial charge in [-0.05, 0) is 35.5 Å². The Hall–Kier alpha value is -2.11. The van der Waals surface area contributed by atoms with Crippen LogP contribution in [0.5, 0.6) is 5.75 Å². The number of rotatable bonds is 7. The van der Waals surface area contributed by atoms with Crippen molar-refractivity contribution in [1.82, 2.24) is 10.6 Å². The molecule has 2 aromatic rings. The molecule has 0 spiro atoms. The first-order valence-corrected chi connectivity index (χ1v) is 9.70. The summed E-state index contributed by atoms with van der Waals surface area (Å²) in [6.45, 7) is 5.23. The van der Waals surface area contributed by atoms with E-state index in [1.807, 2.05) is 24.3 Å². The maximum absolute atomic E-state index is 5.37. The number of likely N-dealkylation sites (tertiary alicyclic amines) is 1. The maximum atomic E-state index is 5.37. The molecule has 3 rings (SSSR count). The third-order valence-corrected chi connectivity index (χ3v) is 5.14. The molecule has 1 saturated heterocycles. The van der Waals surface area contributed by atoms with Crippen molar-refractivity contribution >= 4 is 17.3 Å². The zero-order chi connectivity index (χ0) is 18.2. The molecule has 0 aromatic heterocycles. The van der Waals surface area contributed by atoms with E-state index in [-0.39, 0.29) is 0 Å². The molecule has 0 amide bonds. The van der Waals surface area contributed by atoms with Crippen molar-refractivity contribution in [2.75, 3.05) is 20.2 Å². The fourth-order valence-corrected chi connectivity index (χ4v) is 3.43. The third-order valence-electron chi connectivity index (χ3n) is 4.85. The molecule has 138 valence electrons. The Labute approximate surface area is 161 Å². The summed E-state index contributed by atoms with van der Waals surface area (Å²) in [5.41, 5.74) is 3.84. The molecule has 0 atom stereocenters. The van der Waals surface area contributed by atoms with Crippen molar-refractivity contribution in [3.63, 3.8) is 0 Å². The lowest BCUT2D eigenvalue weighted by atomic mass is 10.1. The second-order valence-electron chi connectivity index (χ2n) is 6.83. The van der Waals surface area contributed by atoms with E-state index in [4.69, 9.17) is 17.0 Å². The first kappa shape index (κ1) is 18.7. The van der Waals surface area contributed by atoms with Gasteiger partial charge in [0.15, 0.2) is 5.11 Å². The number of benzene rings is 2. The normalized spacial score (nSPS) is 14.2. The minimum atomic E-state index is 0.673. The molecule has 0 aliphatic carbocycles. The average Bonchev–Trinajstić information content (AvgIpc) is 3.19. The maximum Gasteiger partial charge on any atom is 0.166 e. The van der Waals surface area contributed by atoms with Crippen molar-refractivity contribution in [3.05, 3.63) is 65.2 Å². The molecule has 1 aliphatic rings. The van der Waals surface area contributed by atoms with Gasteiger partial charge in [0.05, 0.1) is 20.2 Å². The fourth-order valence-electron chi connectivity index (χ4n) is 3.29. The molecule has 2 aromatic carbocycles. The van der Waals surface area contributed by atoms with Gasteiger partial charge in [-0.15, -0.1) is 0 Å². The SMILES string of the molecule is COc1ccc(CNC(=S)NCc2ccc(C[NH+]3CCCC3)cc2)cc1. The highest BCUT2D eigenvalue weighted by Gasteiger charge is 2.15. The Morgan fingerprint density at radius 1 is 0.885 bits per heavy atom. The van der Waals surface area contributed by atoms with Gasteiger partial charge in [0.2, 0.25) is 0 Å². The first-order chi connectivity index (χ1) is 12.7. The molecule has 0 saturated carbocycles. The lowest BCUT2D eigenvalue weighted by molar-refractivity contribution is -0.901. The molecule has 0 radical (unpaired) electrons. The van der Waals surface area contributed by atoms with E-state index in [0.29, 0.717) is 11.7 Å². The van der Waals surface area contributed by atoms with Crippen LogP contribution < -0.4 is 20.3 Å². The number of hydrogen-bond donors (Lipinski definition) is 3. The summed E-state index contributed by atoms with van der Waals surface area (Å²) in [4.78, 5) is 1.71. The van der Waals surface area contributed by atoms with E-state index >= 15 is 0 Å². The van der Waals surface area contributed by atoms with Gasteiger partial charge in [0.25, 0.3) is 0 Å². The van der Waals surface area contributed by atoms with Crippen molar-refractivity contribution in [2.45, 2.75) is 32.5 Å². The quantitative estimate of drug-likeness (QED) is 0.652. The highest BCUT2D eigenvalue weighted by molar-refractivity contribution is 7.80. The van der Waals surface area contributed by atoms with Gasteiger partial charge in [0, 0.05) is 31.5 Å². The van der Waals surface area contributed by atoms with Crippen LogP contribution >= 0.6 is 12.2 Å². The van der Waals surface area contributed by atoms with E-state index in [9.17, 15) is 0 Å². The van der Waals surface area contributed by atoms with Gasteiger partial charge in [-0.2, -0.15) is 0 Å². The Morgan fingerprint density at radius 2 is 1.38 bits per heavy atom.